The molecule has 0 aromatic heterocycles. The Morgan fingerprint density at radius 3 is 3.12 bits per heavy atom. The van der Waals surface area contributed by atoms with Gasteiger partial charge in [-0.2, -0.15) is 0 Å². The van der Waals surface area contributed by atoms with Gasteiger partial charge in [-0.1, -0.05) is 0 Å². The van der Waals surface area contributed by atoms with Gasteiger partial charge in [0.1, 0.15) is 5.82 Å². The molecule has 1 unspecified atom stereocenters. The molecule has 1 N–H and O–H groups in total. The molecule has 88 valence electrons. The highest BCUT2D eigenvalue weighted by Gasteiger charge is 2.23. The van der Waals surface area contributed by atoms with Crippen LogP contribution in [0.4, 0.5) is 10.1 Å². The number of thioether (sulfide) groups is 1. The number of benzene rings is 1. The molecule has 1 atom stereocenters. The summed E-state index contributed by atoms with van der Waals surface area (Å²) in [6, 6.07) is 5.53. The van der Waals surface area contributed by atoms with Crippen molar-refractivity contribution in [3.63, 3.8) is 0 Å². The Labute approximate surface area is 100 Å². The molecule has 0 saturated carbocycles. The van der Waals surface area contributed by atoms with E-state index in [1.807, 2.05) is 24.9 Å². The van der Waals surface area contributed by atoms with Crippen LogP contribution in [0, 0.1) is 5.82 Å². The summed E-state index contributed by atoms with van der Waals surface area (Å²) in [5.74, 6) is 0.922. The van der Waals surface area contributed by atoms with E-state index in [0.29, 0.717) is 6.04 Å². The maximum absolute atomic E-state index is 13.3. The van der Waals surface area contributed by atoms with Crippen LogP contribution in [-0.4, -0.2) is 31.9 Å². The van der Waals surface area contributed by atoms with Gasteiger partial charge in [0.2, 0.25) is 0 Å². The molecule has 1 aromatic rings. The summed E-state index contributed by atoms with van der Waals surface area (Å²) in [5.41, 5.74) is 1.04. The van der Waals surface area contributed by atoms with Crippen molar-refractivity contribution in [2.24, 2.45) is 0 Å². The molecule has 0 amide bonds. The average molecular weight is 240 g/mol. The number of hydrogen-bond donors (Lipinski definition) is 1. The zero-order chi connectivity index (χ0) is 11.5. The van der Waals surface area contributed by atoms with Crippen molar-refractivity contribution < 1.29 is 4.39 Å². The number of nitrogens with one attached hydrogen (secondary N) is 1. The lowest BCUT2D eigenvalue weighted by Gasteiger charge is -2.36. The van der Waals surface area contributed by atoms with Crippen molar-refractivity contribution in [1.82, 2.24) is 5.32 Å². The van der Waals surface area contributed by atoms with E-state index < -0.39 is 0 Å². The number of likely N-dealkylation sites (N-methyl/N-ethyl adjacent to an activating group) is 1. The number of anilines is 1. The predicted molar refractivity (Wildman–Crippen MR) is 67.9 cm³/mol. The molecular weight excluding hydrogens is 223 g/mol. The van der Waals surface area contributed by atoms with Crippen molar-refractivity contribution in [1.29, 1.82) is 0 Å². The Balaban J connectivity index is 2.27. The normalized spacial score (nSPS) is 19.7. The van der Waals surface area contributed by atoms with Crippen LogP contribution >= 0.6 is 11.8 Å². The molecule has 0 saturated heterocycles. The largest absolute Gasteiger partial charge is 0.366 e. The smallest absolute Gasteiger partial charge is 0.125 e. The van der Waals surface area contributed by atoms with Crippen molar-refractivity contribution in [3.05, 3.63) is 24.0 Å². The number of hydrogen-bond acceptors (Lipinski definition) is 3. The van der Waals surface area contributed by atoms with E-state index in [9.17, 15) is 4.39 Å². The van der Waals surface area contributed by atoms with Gasteiger partial charge < -0.3 is 10.2 Å². The topological polar surface area (TPSA) is 15.3 Å². The van der Waals surface area contributed by atoms with E-state index in [0.717, 1.165) is 24.5 Å². The molecule has 1 aromatic carbocycles. The van der Waals surface area contributed by atoms with Crippen LogP contribution in [0.2, 0.25) is 0 Å². The minimum atomic E-state index is -0.150. The molecule has 1 aliphatic heterocycles. The predicted octanol–water partition coefficient (Wildman–Crippen LogP) is 2.35. The van der Waals surface area contributed by atoms with E-state index in [4.69, 9.17) is 0 Å². The number of halogens is 1. The first-order valence-corrected chi connectivity index (χ1v) is 6.54. The Morgan fingerprint density at radius 1 is 1.56 bits per heavy atom. The molecule has 1 heterocycles. The molecule has 0 fully saturated rings. The van der Waals surface area contributed by atoms with Crippen LogP contribution in [0.3, 0.4) is 0 Å². The molecule has 0 spiro atoms. The van der Waals surface area contributed by atoms with Gasteiger partial charge in [0.15, 0.2) is 0 Å². The van der Waals surface area contributed by atoms with Crippen molar-refractivity contribution in [2.45, 2.75) is 17.9 Å². The van der Waals surface area contributed by atoms with Gasteiger partial charge >= 0.3 is 0 Å². The standard InChI is InChI=1S/C12H17FN2S/c1-9-8-16-12-4-3-10(13)7-11(12)15(9)6-5-14-2/h3-4,7,9,14H,5-6,8H2,1-2H3. The first-order chi connectivity index (χ1) is 7.72. The van der Waals surface area contributed by atoms with Gasteiger partial charge in [-0.3, -0.25) is 0 Å². The Kier molecular flexibility index (Phi) is 3.71. The van der Waals surface area contributed by atoms with Gasteiger partial charge in [0, 0.05) is 29.8 Å². The first kappa shape index (κ1) is 11.7. The molecule has 2 nitrogen and oxygen atoms in total. The van der Waals surface area contributed by atoms with Crippen molar-refractivity contribution in [3.8, 4) is 0 Å². The monoisotopic (exact) mass is 240 g/mol. The fraction of sp³-hybridized carbons (Fsp3) is 0.500. The van der Waals surface area contributed by atoms with Gasteiger partial charge in [0.05, 0.1) is 5.69 Å². The van der Waals surface area contributed by atoms with Crippen LogP contribution in [0.1, 0.15) is 6.92 Å². The molecule has 0 radical (unpaired) electrons. The molecule has 2 rings (SSSR count). The summed E-state index contributed by atoms with van der Waals surface area (Å²) in [7, 11) is 1.94. The highest BCUT2D eigenvalue weighted by Crippen LogP contribution is 2.37. The van der Waals surface area contributed by atoms with Gasteiger partial charge in [-0.15, -0.1) is 11.8 Å². The summed E-state index contributed by atoms with van der Waals surface area (Å²) in [5, 5.41) is 3.14. The van der Waals surface area contributed by atoms with E-state index in [-0.39, 0.29) is 5.82 Å². The van der Waals surface area contributed by atoms with Gasteiger partial charge in [-0.25, -0.2) is 4.39 Å². The second-order valence-electron chi connectivity index (χ2n) is 4.07. The summed E-state index contributed by atoms with van der Waals surface area (Å²) in [4.78, 5) is 3.47. The second-order valence-corrected chi connectivity index (χ2v) is 5.13. The maximum atomic E-state index is 13.3. The van der Waals surface area contributed by atoms with Crippen LogP contribution in [0.15, 0.2) is 23.1 Å². The number of rotatable bonds is 3. The summed E-state index contributed by atoms with van der Waals surface area (Å²) in [6.45, 7) is 4.04. The quantitative estimate of drug-likeness (QED) is 0.873. The highest BCUT2D eigenvalue weighted by atomic mass is 32.2. The summed E-state index contributed by atoms with van der Waals surface area (Å²) >= 11 is 1.81. The summed E-state index contributed by atoms with van der Waals surface area (Å²) in [6.07, 6.45) is 0. The third-order valence-electron chi connectivity index (χ3n) is 2.85. The molecule has 0 bridgehead atoms. The van der Waals surface area contributed by atoms with E-state index in [1.54, 1.807) is 6.07 Å². The minimum Gasteiger partial charge on any atom is -0.366 e. The molecule has 1 aliphatic rings. The lowest BCUT2D eigenvalue weighted by atomic mass is 10.2. The highest BCUT2D eigenvalue weighted by molar-refractivity contribution is 7.99. The SMILES string of the molecule is CNCCN1c2cc(F)ccc2SCC1C. The second kappa shape index (κ2) is 5.06. The Hall–Kier alpha value is -0.740. The zero-order valence-electron chi connectivity index (χ0n) is 9.66. The summed E-state index contributed by atoms with van der Waals surface area (Å²) < 4.78 is 13.3. The third kappa shape index (κ3) is 2.33. The van der Waals surface area contributed by atoms with E-state index in [1.165, 1.54) is 11.0 Å². The van der Waals surface area contributed by atoms with Crippen LogP contribution in [-0.2, 0) is 0 Å². The van der Waals surface area contributed by atoms with Crippen molar-refractivity contribution >= 4 is 17.4 Å². The van der Waals surface area contributed by atoms with Gasteiger partial charge in [-0.05, 0) is 32.2 Å². The zero-order valence-corrected chi connectivity index (χ0v) is 10.5. The van der Waals surface area contributed by atoms with Crippen LogP contribution in [0.5, 0.6) is 0 Å². The molecule has 0 aliphatic carbocycles. The van der Waals surface area contributed by atoms with E-state index >= 15 is 0 Å². The Bertz CT molecular complexity index is 370. The average Bonchev–Trinajstić information content (AvgIpc) is 2.28. The minimum absolute atomic E-state index is 0.150. The van der Waals surface area contributed by atoms with Crippen LogP contribution < -0.4 is 10.2 Å². The van der Waals surface area contributed by atoms with Crippen molar-refractivity contribution in [2.75, 3.05) is 30.8 Å². The number of fused-ring (bicyclic) bond motifs is 1. The maximum Gasteiger partial charge on any atom is 0.125 e. The lowest BCUT2D eigenvalue weighted by molar-refractivity contribution is 0.614. The van der Waals surface area contributed by atoms with Crippen LogP contribution in [0.25, 0.3) is 0 Å². The number of nitrogens with zero attached hydrogens (tertiary/aromatic N) is 1. The molecular formula is C12H17FN2S. The Morgan fingerprint density at radius 2 is 2.38 bits per heavy atom. The van der Waals surface area contributed by atoms with E-state index in [2.05, 4.69) is 17.1 Å². The third-order valence-corrected chi connectivity index (χ3v) is 4.15. The van der Waals surface area contributed by atoms with Gasteiger partial charge in [0.25, 0.3) is 0 Å². The molecule has 4 heteroatoms. The fourth-order valence-corrected chi connectivity index (χ4v) is 3.04. The molecule has 16 heavy (non-hydrogen) atoms. The lowest BCUT2D eigenvalue weighted by Crippen LogP contribution is -2.41. The first-order valence-electron chi connectivity index (χ1n) is 5.56. The fourth-order valence-electron chi connectivity index (χ4n) is 1.95.